The molecule has 7 heteroatoms. The van der Waals surface area contributed by atoms with Crippen molar-refractivity contribution in [2.45, 2.75) is 23.5 Å². The van der Waals surface area contributed by atoms with Crippen molar-refractivity contribution in [1.82, 2.24) is 0 Å². The second-order valence-corrected chi connectivity index (χ2v) is 7.96. The Balaban J connectivity index is 1.56. The van der Waals surface area contributed by atoms with E-state index in [2.05, 4.69) is 10.6 Å². The van der Waals surface area contributed by atoms with Crippen molar-refractivity contribution in [2.75, 3.05) is 17.2 Å². The SMILES string of the molecule is CCC(Sc1cccc(NC(=O)COc2ccccc2)c1)C(=O)Nc1ccc(F)cc1. The van der Waals surface area contributed by atoms with Crippen LogP contribution in [0.15, 0.2) is 83.8 Å². The van der Waals surface area contributed by atoms with Crippen LogP contribution in [0.4, 0.5) is 15.8 Å². The summed E-state index contributed by atoms with van der Waals surface area (Å²) in [5.74, 6) is -0.163. The highest BCUT2D eigenvalue weighted by Crippen LogP contribution is 2.28. The van der Waals surface area contributed by atoms with E-state index in [1.54, 1.807) is 18.2 Å². The van der Waals surface area contributed by atoms with Gasteiger partial charge in [0, 0.05) is 16.3 Å². The maximum Gasteiger partial charge on any atom is 0.262 e. The number of benzene rings is 3. The smallest absolute Gasteiger partial charge is 0.262 e. The number of hydrogen-bond donors (Lipinski definition) is 2. The lowest BCUT2D eigenvalue weighted by Crippen LogP contribution is -2.24. The van der Waals surface area contributed by atoms with Crippen LogP contribution >= 0.6 is 11.8 Å². The zero-order valence-corrected chi connectivity index (χ0v) is 17.8. The van der Waals surface area contributed by atoms with Crippen LogP contribution in [0, 0.1) is 5.82 Å². The molecule has 0 bridgehead atoms. The summed E-state index contributed by atoms with van der Waals surface area (Å²) >= 11 is 1.40. The molecule has 0 spiro atoms. The van der Waals surface area contributed by atoms with Crippen molar-refractivity contribution in [3.63, 3.8) is 0 Å². The summed E-state index contributed by atoms with van der Waals surface area (Å²) in [5, 5.41) is 5.28. The van der Waals surface area contributed by atoms with E-state index in [0.29, 0.717) is 23.5 Å². The van der Waals surface area contributed by atoms with Crippen molar-refractivity contribution >= 4 is 35.0 Å². The van der Waals surface area contributed by atoms with Crippen LogP contribution in [0.5, 0.6) is 5.75 Å². The fourth-order valence-electron chi connectivity index (χ4n) is 2.75. The quantitative estimate of drug-likeness (QED) is 0.442. The van der Waals surface area contributed by atoms with Gasteiger partial charge in [-0.05, 0) is 61.0 Å². The third-order valence-corrected chi connectivity index (χ3v) is 5.64. The van der Waals surface area contributed by atoms with Gasteiger partial charge in [0.1, 0.15) is 11.6 Å². The van der Waals surface area contributed by atoms with Gasteiger partial charge in [-0.3, -0.25) is 9.59 Å². The fourth-order valence-corrected chi connectivity index (χ4v) is 3.77. The summed E-state index contributed by atoms with van der Waals surface area (Å²) in [4.78, 5) is 25.6. The van der Waals surface area contributed by atoms with Gasteiger partial charge < -0.3 is 15.4 Å². The van der Waals surface area contributed by atoms with Crippen molar-refractivity contribution in [2.24, 2.45) is 0 Å². The van der Waals surface area contributed by atoms with E-state index in [-0.39, 0.29) is 29.5 Å². The molecule has 0 radical (unpaired) electrons. The first-order chi connectivity index (χ1) is 15.0. The molecule has 3 rings (SSSR count). The Morgan fingerprint density at radius 2 is 1.68 bits per heavy atom. The lowest BCUT2D eigenvalue weighted by molar-refractivity contribution is -0.118. The molecule has 2 N–H and O–H groups in total. The Kier molecular flexibility index (Phi) is 8.06. The first-order valence-corrected chi connectivity index (χ1v) is 10.7. The minimum atomic E-state index is -0.354. The second-order valence-electron chi connectivity index (χ2n) is 6.69. The van der Waals surface area contributed by atoms with Gasteiger partial charge in [0.25, 0.3) is 5.91 Å². The molecular weight excluding hydrogens is 415 g/mol. The number of carbonyl (C=O) groups excluding carboxylic acids is 2. The highest BCUT2D eigenvalue weighted by molar-refractivity contribution is 8.00. The van der Waals surface area contributed by atoms with E-state index in [9.17, 15) is 14.0 Å². The van der Waals surface area contributed by atoms with E-state index < -0.39 is 0 Å². The molecule has 2 amide bonds. The molecule has 0 aromatic heterocycles. The fraction of sp³-hybridized carbons (Fsp3) is 0.167. The number of amides is 2. The molecule has 0 heterocycles. The van der Waals surface area contributed by atoms with E-state index in [0.717, 1.165) is 4.90 Å². The Morgan fingerprint density at radius 3 is 2.39 bits per heavy atom. The van der Waals surface area contributed by atoms with Gasteiger partial charge in [0.05, 0.1) is 5.25 Å². The van der Waals surface area contributed by atoms with Gasteiger partial charge in [0.2, 0.25) is 5.91 Å². The Labute approximate surface area is 185 Å². The van der Waals surface area contributed by atoms with Gasteiger partial charge in [-0.2, -0.15) is 0 Å². The molecule has 5 nitrogen and oxygen atoms in total. The lowest BCUT2D eigenvalue weighted by atomic mass is 10.2. The highest BCUT2D eigenvalue weighted by Gasteiger charge is 2.18. The summed E-state index contributed by atoms with van der Waals surface area (Å²) < 4.78 is 18.5. The number of ether oxygens (including phenoxy) is 1. The summed E-state index contributed by atoms with van der Waals surface area (Å²) in [6, 6.07) is 22.1. The molecule has 0 aliphatic heterocycles. The predicted octanol–water partition coefficient (Wildman–Crippen LogP) is 5.35. The van der Waals surface area contributed by atoms with Crippen LogP contribution in [0.25, 0.3) is 0 Å². The molecule has 0 saturated heterocycles. The normalized spacial score (nSPS) is 11.4. The number of halogens is 1. The van der Waals surface area contributed by atoms with Crippen LogP contribution in [0.3, 0.4) is 0 Å². The van der Waals surface area contributed by atoms with E-state index >= 15 is 0 Å². The standard InChI is InChI=1S/C24H23FN2O3S/c1-2-22(24(29)27-18-13-11-17(25)12-14-18)31-21-10-6-7-19(15-21)26-23(28)16-30-20-8-4-3-5-9-20/h3-15,22H,2,16H2,1H3,(H,26,28)(H,27,29). The van der Waals surface area contributed by atoms with E-state index in [4.69, 9.17) is 4.74 Å². The maximum absolute atomic E-state index is 13.0. The molecule has 1 atom stereocenters. The largest absolute Gasteiger partial charge is 0.484 e. The molecular formula is C24H23FN2O3S. The Bertz CT molecular complexity index is 1010. The number of rotatable bonds is 9. The molecule has 160 valence electrons. The van der Waals surface area contributed by atoms with Crippen molar-refractivity contribution < 1.29 is 18.7 Å². The summed E-state index contributed by atoms with van der Waals surface area (Å²) in [5.41, 5.74) is 1.17. The first kappa shape index (κ1) is 22.4. The molecule has 3 aromatic carbocycles. The van der Waals surface area contributed by atoms with Gasteiger partial charge >= 0.3 is 0 Å². The van der Waals surface area contributed by atoms with Crippen LogP contribution in [0.1, 0.15) is 13.3 Å². The average molecular weight is 439 g/mol. The van der Waals surface area contributed by atoms with Crippen molar-refractivity contribution in [3.8, 4) is 5.75 Å². The van der Waals surface area contributed by atoms with Crippen molar-refractivity contribution in [1.29, 1.82) is 0 Å². The van der Waals surface area contributed by atoms with Gasteiger partial charge in [-0.25, -0.2) is 4.39 Å². The average Bonchev–Trinajstić information content (AvgIpc) is 2.78. The Hall–Kier alpha value is -3.32. The van der Waals surface area contributed by atoms with E-state index in [1.807, 2.05) is 43.3 Å². The summed E-state index contributed by atoms with van der Waals surface area (Å²) in [6.07, 6.45) is 0.610. The monoisotopic (exact) mass is 438 g/mol. The minimum Gasteiger partial charge on any atom is -0.484 e. The van der Waals surface area contributed by atoms with Crippen LogP contribution in [-0.4, -0.2) is 23.7 Å². The molecule has 0 aliphatic carbocycles. The Morgan fingerprint density at radius 1 is 0.935 bits per heavy atom. The summed E-state index contributed by atoms with van der Waals surface area (Å²) in [6.45, 7) is 1.83. The highest BCUT2D eigenvalue weighted by atomic mass is 32.2. The molecule has 0 fully saturated rings. The minimum absolute atomic E-state index is 0.0982. The van der Waals surface area contributed by atoms with Crippen LogP contribution in [0.2, 0.25) is 0 Å². The number of nitrogens with one attached hydrogen (secondary N) is 2. The van der Waals surface area contributed by atoms with Gasteiger partial charge in [-0.15, -0.1) is 11.8 Å². The number of hydrogen-bond acceptors (Lipinski definition) is 4. The maximum atomic E-state index is 13.0. The summed E-state index contributed by atoms with van der Waals surface area (Å²) in [7, 11) is 0. The van der Waals surface area contributed by atoms with Crippen LogP contribution < -0.4 is 15.4 Å². The molecule has 0 aliphatic rings. The first-order valence-electron chi connectivity index (χ1n) is 9.84. The number of carbonyl (C=O) groups is 2. The zero-order chi connectivity index (χ0) is 22.1. The van der Waals surface area contributed by atoms with Gasteiger partial charge in [0.15, 0.2) is 6.61 Å². The third-order valence-electron chi connectivity index (χ3n) is 4.28. The lowest BCUT2D eigenvalue weighted by Gasteiger charge is -2.15. The van der Waals surface area contributed by atoms with Gasteiger partial charge in [-0.1, -0.05) is 31.2 Å². The number of anilines is 2. The van der Waals surface area contributed by atoms with Crippen molar-refractivity contribution in [3.05, 3.63) is 84.7 Å². The molecule has 1 unspecified atom stereocenters. The van der Waals surface area contributed by atoms with Crippen LogP contribution in [-0.2, 0) is 9.59 Å². The number of thioether (sulfide) groups is 1. The zero-order valence-electron chi connectivity index (χ0n) is 17.0. The molecule has 3 aromatic rings. The topological polar surface area (TPSA) is 67.4 Å². The molecule has 31 heavy (non-hydrogen) atoms. The second kappa shape index (κ2) is 11.2. The predicted molar refractivity (Wildman–Crippen MR) is 122 cm³/mol. The van der Waals surface area contributed by atoms with E-state index in [1.165, 1.54) is 36.0 Å². The third kappa shape index (κ3) is 7.15. The number of para-hydroxylation sites is 1. The molecule has 0 saturated carbocycles.